The maximum atomic E-state index is 13.5. The summed E-state index contributed by atoms with van der Waals surface area (Å²) >= 11 is 14.8. The topological polar surface area (TPSA) is 38.0 Å². The van der Waals surface area contributed by atoms with Crippen molar-refractivity contribution in [2.75, 3.05) is 11.1 Å². The summed E-state index contributed by atoms with van der Waals surface area (Å²) in [5, 5.41) is 2.94. The van der Waals surface area contributed by atoms with Gasteiger partial charge in [-0.15, -0.1) is 0 Å². The largest absolute Gasteiger partial charge is 0.397 e. The number of benzene rings is 2. The molecule has 0 saturated heterocycles. The Morgan fingerprint density at radius 3 is 2.21 bits per heavy atom. The lowest BCUT2D eigenvalue weighted by Gasteiger charge is -2.13. The zero-order valence-electron chi connectivity index (χ0n) is 9.28. The molecule has 19 heavy (non-hydrogen) atoms. The minimum absolute atomic E-state index is 0.0766. The average molecular weight is 368 g/mol. The van der Waals surface area contributed by atoms with E-state index in [1.165, 1.54) is 12.1 Å². The normalized spacial score (nSPS) is 10.6. The molecular formula is C12H7BrCl2F2N2. The minimum atomic E-state index is -0.560. The zero-order chi connectivity index (χ0) is 14.2. The lowest BCUT2D eigenvalue weighted by Crippen LogP contribution is -1.99. The van der Waals surface area contributed by atoms with Crippen LogP contribution in [-0.4, -0.2) is 0 Å². The first-order chi connectivity index (χ1) is 8.88. The number of nitrogens with two attached hydrogens (primary N) is 1. The highest BCUT2D eigenvalue weighted by Crippen LogP contribution is 2.36. The number of nitrogens with one attached hydrogen (secondary N) is 1. The van der Waals surface area contributed by atoms with Crippen LogP contribution in [0.2, 0.25) is 10.0 Å². The summed E-state index contributed by atoms with van der Waals surface area (Å²) in [7, 11) is 0. The molecule has 0 saturated carbocycles. The lowest BCUT2D eigenvalue weighted by molar-refractivity contribution is 0.622. The van der Waals surface area contributed by atoms with Gasteiger partial charge in [0.2, 0.25) is 0 Å². The lowest BCUT2D eigenvalue weighted by atomic mass is 10.2. The molecule has 0 spiro atoms. The Labute approximate surface area is 126 Å². The predicted molar refractivity (Wildman–Crippen MR) is 78.2 cm³/mol. The fraction of sp³-hybridized carbons (Fsp3) is 0. The number of hydrogen-bond acceptors (Lipinski definition) is 2. The van der Waals surface area contributed by atoms with Crippen LogP contribution in [0.4, 0.5) is 25.8 Å². The zero-order valence-corrected chi connectivity index (χ0v) is 12.4. The van der Waals surface area contributed by atoms with Gasteiger partial charge in [0.15, 0.2) is 0 Å². The molecule has 0 amide bonds. The van der Waals surface area contributed by atoms with E-state index in [-0.39, 0.29) is 25.9 Å². The van der Waals surface area contributed by atoms with Crippen molar-refractivity contribution in [3.8, 4) is 0 Å². The van der Waals surface area contributed by atoms with E-state index in [0.717, 1.165) is 12.1 Å². The number of rotatable bonds is 2. The van der Waals surface area contributed by atoms with Crippen molar-refractivity contribution < 1.29 is 8.78 Å². The highest BCUT2D eigenvalue weighted by atomic mass is 79.9. The Morgan fingerprint density at radius 1 is 1.05 bits per heavy atom. The van der Waals surface area contributed by atoms with Crippen molar-refractivity contribution in [3.63, 3.8) is 0 Å². The molecule has 0 unspecified atom stereocenters. The maximum absolute atomic E-state index is 13.5. The van der Waals surface area contributed by atoms with E-state index in [1.54, 1.807) is 0 Å². The van der Waals surface area contributed by atoms with Gasteiger partial charge in [0, 0.05) is 6.07 Å². The van der Waals surface area contributed by atoms with Crippen LogP contribution >= 0.6 is 39.1 Å². The second-order valence-electron chi connectivity index (χ2n) is 3.72. The van der Waals surface area contributed by atoms with Crippen LogP contribution in [0.25, 0.3) is 0 Å². The molecule has 3 N–H and O–H groups in total. The summed E-state index contributed by atoms with van der Waals surface area (Å²) in [6, 6.07) is 4.79. The highest BCUT2D eigenvalue weighted by molar-refractivity contribution is 9.10. The van der Waals surface area contributed by atoms with Gasteiger partial charge < -0.3 is 11.1 Å². The molecule has 0 aliphatic heterocycles. The van der Waals surface area contributed by atoms with Crippen molar-refractivity contribution in [2.24, 2.45) is 0 Å². The number of anilines is 3. The molecule has 2 aromatic carbocycles. The third-order valence-electron chi connectivity index (χ3n) is 2.36. The Bertz CT molecular complexity index is 627. The molecule has 2 aromatic rings. The number of nitrogen functional groups attached to an aromatic ring is 1. The highest BCUT2D eigenvalue weighted by Gasteiger charge is 2.12. The molecule has 0 bridgehead atoms. The maximum Gasteiger partial charge on any atom is 0.139 e. The Kier molecular flexibility index (Phi) is 4.18. The molecule has 0 radical (unpaired) electrons. The van der Waals surface area contributed by atoms with Gasteiger partial charge in [0.1, 0.15) is 11.6 Å². The Balaban J connectivity index is 2.45. The van der Waals surface area contributed by atoms with Crippen molar-refractivity contribution in [1.29, 1.82) is 0 Å². The first-order valence-corrected chi connectivity index (χ1v) is 6.59. The second kappa shape index (κ2) is 5.53. The third-order valence-corrected chi connectivity index (χ3v) is 3.56. The van der Waals surface area contributed by atoms with Crippen molar-refractivity contribution in [2.45, 2.75) is 0 Å². The van der Waals surface area contributed by atoms with Crippen LogP contribution in [0.3, 0.4) is 0 Å². The first kappa shape index (κ1) is 14.4. The molecule has 0 aliphatic rings. The van der Waals surface area contributed by atoms with Gasteiger partial charge in [-0.2, -0.15) is 0 Å². The van der Waals surface area contributed by atoms with Crippen LogP contribution in [0.15, 0.2) is 28.7 Å². The number of hydrogen-bond donors (Lipinski definition) is 2. The summed E-state index contributed by atoms with van der Waals surface area (Å²) in [4.78, 5) is 0. The molecular weight excluding hydrogens is 361 g/mol. The molecule has 0 heterocycles. The van der Waals surface area contributed by atoms with E-state index in [0.29, 0.717) is 5.69 Å². The average Bonchev–Trinajstić information content (AvgIpc) is 2.29. The standard InChI is InChI=1S/C12H7BrCl2F2N2/c13-6-3-10(18)11(4-9(6)17)19-12-7(14)1-5(16)2-8(12)15/h1-4,19H,18H2. The van der Waals surface area contributed by atoms with Gasteiger partial charge in [-0.05, 0) is 34.1 Å². The fourth-order valence-corrected chi connectivity index (χ4v) is 2.38. The van der Waals surface area contributed by atoms with Crippen LogP contribution < -0.4 is 11.1 Å². The van der Waals surface area contributed by atoms with Crippen LogP contribution in [0.5, 0.6) is 0 Å². The van der Waals surface area contributed by atoms with Gasteiger partial charge >= 0.3 is 0 Å². The second-order valence-corrected chi connectivity index (χ2v) is 5.39. The molecule has 0 atom stereocenters. The van der Waals surface area contributed by atoms with E-state index in [4.69, 9.17) is 28.9 Å². The molecule has 0 aromatic heterocycles. The molecule has 0 fully saturated rings. The van der Waals surface area contributed by atoms with E-state index in [2.05, 4.69) is 21.2 Å². The SMILES string of the molecule is Nc1cc(Br)c(F)cc1Nc1c(Cl)cc(F)cc1Cl. The van der Waals surface area contributed by atoms with Crippen molar-refractivity contribution >= 4 is 56.2 Å². The van der Waals surface area contributed by atoms with Gasteiger partial charge in [0.25, 0.3) is 0 Å². The minimum Gasteiger partial charge on any atom is -0.397 e. The van der Waals surface area contributed by atoms with E-state index >= 15 is 0 Å². The fourth-order valence-electron chi connectivity index (χ4n) is 1.47. The van der Waals surface area contributed by atoms with Gasteiger partial charge in [-0.1, -0.05) is 23.2 Å². The predicted octanol–water partition coefficient (Wildman–Crippen LogP) is 5.36. The summed E-state index contributed by atoms with van der Waals surface area (Å²) in [6.07, 6.45) is 0. The molecule has 0 aliphatic carbocycles. The van der Waals surface area contributed by atoms with E-state index in [1.807, 2.05) is 0 Å². The van der Waals surface area contributed by atoms with Crippen LogP contribution in [0, 0.1) is 11.6 Å². The summed E-state index contributed by atoms with van der Waals surface area (Å²) in [6.45, 7) is 0. The quantitative estimate of drug-likeness (QED) is 0.701. The van der Waals surface area contributed by atoms with Crippen LogP contribution in [0.1, 0.15) is 0 Å². The monoisotopic (exact) mass is 366 g/mol. The molecule has 2 rings (SSSR count). The van der Waals surface area contributed by atoms with E-state index < -0.39 is 11.6 Å². The van der Waals surface area contributed by atoms with Crippen molar-refractivity contribution in [1.82, 2.24) is 0 Å². The molecule has 2 nitrogen and oxygen atoms in total. The van der Waals surface area contributed by atoms with Crippen molar-refractivity contribution in [3.05, 3.63) is 50.4 Å². The smallest absolute Gasteiger partial charge is 0.139 e. The number of halogens is 5. The summed E-state index contributed by atoms with van der Waals surface area (Å²) in [5.74, 6) is -1.05. The van der Waals surface area contributed by atoms with Gasteiger partial charge in [-0.25, -0.2) is 8.78 Å². The van der Waals surface area contributed by atoms with Crippen LogP contribution in [-0.2, 0) is 0 Å². The van der Waals surface area contributed by atoms with E-state index in [9.17, 15) is 8.78 Å². The third kappa shape index (κ3) is 3.11. The molecule has 7 heteroatoms. The van der Waals surface area contributed by atoms with Gasteiger partial charge in [0.05, 0.1) is 31.6 Å². The first-order valence-electron chi connectivity index (χ1n) is 5.04. The summed E-state index contributed by atoms with van der Waals surface area (Å²) in [5.41, 5.74) is 6.60. The van der Waals surface area contributed by atoms with Gasteiger partial charge in [-0.3, -0.25) is 0 Å². The summed E-state index contributed by atoms with van der Waals surface area (Å²) < 4.78 is 26.8. The Hall–Kier alpha value is -1.04. The molecule has 100 valence electrons. The Morgan fingerprint density at radius 2 is 1.63 bits per heavy atom.